The van der Waals surface area contributed by atoms with Crippen LogP contribution >= 0.6 is 0 Å². The molecule has 0 aliphatic carbocycles. The predicted octanol–water partition coefficient (Wildman–Crippen LogP) is -2.58. The van der Waals surface area contributed by atoms with E-state index in [2.05, 4.69) is 0 Å². The molecular formula is C3H11Na5O9. The average Bonchev–Trinajstić information content (AvgIpc) is 1.54. The summed E-state index contributed by atoms with van der Waals surface area (Å²) in [7, 11) is 0. The molecule has 0 radical (unpaired) electrons. The summed E-state index contributed by atoms with van der Waals surface area (Å²) < 4.78 is 0. The summed E-state index contributed by atoms with van der Waals surface area (Å²) in [5.74, 6) is 0. The first-order chi connectivity index (χ1) is 5.20. The van der Waals surface area contributed by atoms with Gasteiger partial charge in [-0.3, -0.25) is 0 Å². The molecule has 0 amide bonds. The van der Waals surface area contributed by atoms with Crippen molar-refractivity contribution in [3.05, 3.63) is 0 Å². The van der Waals surface area contributed by atoms with Crippen molar-refractivity contribution in [1.82, 2.24) is 0 Å². The number of rotatable bonds is 0. The molecule has 0 spiro atoms. The maximum atomic E-state index is 8.56. The van der Waals surface area contributed by atoms with Crippen LogP contribution in [0.4, 0.5) is 14.4 Å². The summed E-state index contributed by atoms with van der Waals surface area (Å²) in [6.07, 6.45) is -5.50. The molecule has 0 heterocycles. The molecule has 0 saturated carbocycles. The van der Waals surface area contributed by atoms with Gasteiger partial charge in [-0.1, -0.05) is 0 Å². The van der Waals surface area contributed by atoms with Gasteiger partial charge in [-0.05, 0) is 0 Å². The molecule has 0 atom stereocenters. The van der Waals surface area contributed by atoms with Crippen LogP contribution in [-0.2, 0) is 0 Å². The summed E-state index contributed by atoms with van der Waals surface area (Å²) >= 11 is 0. The molecule has 0 saturated heterocycles. The van der Waals surface area contributed by atoms with Gasteiger partial charge >= 0.3 is 166 Å². The third-order valence-corrected chi connectivity index (χ3v) is 0. The Hall–Kier alpha value is 2.81. The molecule has 17 heavy (non-hydrogen) atoms. The molecule has 0 aromatic carbocycles. The molecule has 9 nitrogen and oxygen atoms in total. The molecule has 0 unspecified atom stereocenters. The molecule has 0 rings (SSSR count). The summed E-state index contributed by atoms with van der Waals surface area (Å²) in [5.41, 5.74) is 0. The SMILES string of the molecule is O=C(O)O.O=C(O)O.O=C(O)O.[NaH].[NaH].[NaH].[NaH].[NaH]. The molecule has 0 aliphatic heterocycles. The molecule has 82 valence electrons. The Labute approximate surface area is 207 Å². The third-order valence-electron chi connectivity index (χ3n) is 0. The van der Waals surface area contributed by atoms with Crippen molar-refractivity contribution in [3.8, 4) is 0 Å². The van der Waals surface area contributed by atoms with Crippen molar-refractivity contribution in [2.75, 3.05) is 0 Å². The van der Waals surface area contributed by atoms with Gasteiger partial charge in [0.25, 0.3) is 0 Å². The van der Waals surface area contributed by atoms with Crippen LogP contribution in [-0.4, -0.2) is 197 Å². The summed E-state index contributed by atoms with van der Waals surface area (Å²) in [6.45, 7) is 0. The van der Waals surface area contributed by atoms with Gasteiger partial charge in [0, 0.05) is 0 Å². The normalized spacial score (nSPS) is 4.24. The number of carbonyl (C=O) groups is 3. The van der Waals surface area contributed by atoms with Gasteiger partial charge in [0.1, 0.15) is 0 Å². The minimum absolute atomic E-state index is 0. The van der Waals surface area contributed by atoms with Crippen LogP contribution in [0, 0.1) is 0 Å². The van der Waals surface area contributed by atoms with E-state index in [9.17, 15) is 0 Å². The van der Waals surface area contributed by atoms with Crippen molar-refractivity contribution < 1.29 is 45.0 Å². The maximum absolute atomic E-state index is 8.56. The molecule has 0 aliphatic rings. The Bertz CT molecular complexity index is 122. The minimum atomic E-state index is -1.83. The monoisotopic (exact) mass is 306 g/mol. The van der Waals surface area contributed by atoms with Crippen LogP contribution < -0.4 is 0 Å². The van der Waals surface area contributed by atoms with Crippen molar-refractivity contribution in [2.24, 2.45) is 0 Å². The van der Waals surface area contributed by atoms with Gasteiger partial charge in [-0.15, -0.1) is 0 Å². The fourth-order valence-electron chi connectivity index (χ4n) is 0. The molecular weight excluding hydrogens is 295 g/mol. The zero-order valence-electron chi connectivity index (χ0n) is 5.41. The predicted molar refractivity (Wildman–Crippen MR) is 67.7 cm³/mol. The Morgan fingerprint density at radius 1 is 0.412 bits per heavy atom. The fourth-order valence-corrected chi connectivity index (χ4v) is 0. The topological polar surface area (TPSA) is 173 Å². The number of hydrogen-bond donors (Lipinski definition) is 6. The molecule has 0 aromatic rings. The Morgan fingerprint density at radius 2 is 0.412 bits per heavy atom. The van der Waals surface area contributed by atoms with E-state index in [1.165, 1.54) is 0 Å². The first-order valence-corrected chi connectivity index (χ1v) is 1.95. The Morgan fingerprint density at radius 3 is 0.412 bits per heavy atom. The first kappa shape index (κ1) is 50.3. The van der Waals surface area contributed by atoms with E-state index >= 15 is 0 Å². The number of carboxylic acid groups (broad SMARTS) is 6. The van der Waals surface area contributed by atoms with E-state index in [-0.39, 0.29) is 148 Å². The molecule has 0 bridgehead atoms. The summed E-state index contributed by atoms with van der Waals surface area (Å²) in [6, 6.07) is 0. The Balaban J connectivity index is -0.0000000104. The van der Waals surface area contributed by atoms with E-state index in [0.717, 1.165) is 0 Å². The summed E-state index contributed by atoms with van der Waals surface area (Å²) in [4.78, 5) is 25.7. The number of hydrogen-bond acceptors (Lipinski definition) is 3. The van der Waals surface area contributed by atoms with E-state index < -0.39 is 18.5 Å². The molecule has 0 fully saturated rings. The van der Waals surface area contributed by atoms with E-state index in [1.54, 1.807) is 0 Å². The average molecular weight is 306 g/mol. The van der Waals surface area contributed by atoms with Gasteiger partial charge in [0.15, 0.2) is 0 Å². The van der Waals surface area contributed by atoms with Crippen LogP contribution in [0.5, 0.6) is 0 Å². The van der Waals surface area contributed by atoms with Crippen LogP contribution in [0.1, 0.15) is 0 Å². The second-order valence-corrected chi connectivity index (χ2v) is 0.848. The van der Waals surface area contributed by atoms with Crippen LogP contribution in [0.15, 0.2) is 0 Å². The fraction of sp³-hybridized carbons (Fsp3) is 0. The summed E-state index contributed by atoms with van der Waals surface area (Å²) in [5, 5.41) is 41.8. The van der Waals surface area contributed by atoms with Gasteiger partial charge in [-0.25, -0.2) is 14.4 Å². The molecule has 6 N–H and O–H groups in total. The van der Waals surface area contributed by atoms with Crippen molar-refractivity contribution in [2.45, 2.75) is 0 Å². The molecule has 14 heteroatoms. The van der Waals surface area contributed by atoms with E-state index in [4.69, 9.17) is 45.0 Å². The van der Waals surface area contributed by atoms with E-state index in [0.29, 0.717) is 0 Å². The first-order valence-electron chi connectivity index (χ1n) is 1.95. The van der Waals surface area contributed by atoms with Crippen molar-refractivity contribution in [3.63, 3.8) is 0 Å². The zero-order chi connectivity index (χ0) is 10.7. The van der Waals surface area contributed by atoms with Crippen molar-refractivity contribution >= 4 is 166 Å². The van der Waals surface area contributed by atoms with Gasteiger partial charge in [0.05, 0.1) is 0 Å². The van der Waals surface area contributed by atoms with Crippen molar-refractivity contribution in [1.29, 1.82) is 0 Å². The standard InChI is InChI=1S/3CH2O3.5Na.5H/c3*2-1(3)4;;;;;;;;;;/h3*(H2,2,3,4);;;;;;;;;;. The van der Waals surface area contributed by atoms with E-state index in [1.807, 2.05) is 0 Å². The second-order valence-electron chi connectivity index (χ2n) is 0.848. The van der Waals surface area contributed by atoms with Gasteiger partial charge < -0.3 is 30.6 Å². The Kier molecular flexibility index (Phi) is 126. The van der Waals surface area contributed by atoms with Gasteiger partial charge in [-0.2, -0.15) is 0 Å². The van der Waals surface area contributed by atoms with Crippen LogP contribution in [0.2, 0.25) is 0 Å². The third kappa shape index (κ3) is 673. The van der Waals surface area contributed by atoms with Gasteiger partial charge in [0.2, 0.25) is 0 Å². The second kappa shape index (κ2) is 42.8. The quantitative estimate of drug-likeness (QED) is 0.263. The van der Waals surface area contributed by atoms with Crippen LogP contribution in [0.3, 0.4) is 0 Å². The zero-order valence-corrected chi connectivity index (χ0v) is 5.41. The molecule has 0 aromatic heterocycles. The van der Waals surface area contributed by atoms with Crippen LogP contribution in [0.25, 0.3) is 0 Å².